The van der Waals surface area contributed by atoms with Gasteiger partial charge in [0.2, 0.25) is 5.88 Å². The minimum absolute atomic E-state index is 0.00193. The number of likely N-dealkylation sites (tertiary alicyclic amines) is 1. The van der Waals surface area contributed by atoms with Crippen molar-refractivity contribution in [2.75, 3.05) is 13.1 Å². The van der Waals surface area contributed by atoms with Gasteiger partial charge in [0.05, 0.1) is 10.6 Å². The van der Waals surface area contributed by atoms with Gasteiger partial charge in [-0.15, -0.1) is 5.10 Å². The molecule has 0 unspecified atom stereocenters. The highest BCUT2D eigenvalue weighted by Gasteiger charge is 2.25. The van der Waals surface area contributed by atoms with Crippen LogP contribution in [0.3, 0.4) is 0 Å². The van der Waals surface area contributed by atoms with Crippen molar-refractivity contribution in [2.45, 2.75) is 25.9 Å². The second-order valence-corrected chi connectivity index (χ2v) is 5.93. The minimum atomic E-state index is -0.481. The number of nitro groups is 1. The van der Waals surface area contributed by atoms with Crippen LogP contribution >= 0.6 is 0 Å². The van der Waals surface area contributed by atoms with Gasteiger partial charge in [0.15, 0.2) is 0 Å². The van der Waals surface area contributed by atoms with Gasteiger partial charge in [-0.1, -0.05) is 0 Å². The van der Waals surface area contributed by atoms with Crippen molar-refractivity contribution in [3.05, 3.63) is 57.8 Å². The number of hydrogen-bond donors (Lipinski definition) is 0. The number of carbonyl (C=O) groups excluding carboxylic acids is 1. The number of carbonyl (C=O) groups is 1. The summed E-state index contributed by atoms with van der Waals surface area (Å²) in [5.74, 6) is 0.370. The maximum atomic E-state index is 12.5. The second-order valence-electron chi connectivity index (χ2n) is 5.93. The summed E-state index contributed by atoms with van der Waals surface area (Å²) in [5, 5.41) is 18.6. The van der Waals surface area contributed by atoms with Crippen LogP contribution in [0, 0.1) is 17.0 Å². The van der Waals surface area contributed by atoms with Crippen LogP contribution < -0.4 is 4.74 Å². The maximum absolute atomic E-state index is 12.5. The Balaban J connectivity index is 1.55. The summed E-state index contributed by atoms with van der Waals surface area (Å²) in [7, 11) is 0. The maximum Gasteiger partial charge on any atom is 0.269 e. The molecule has 0 radical (unpaired) electrons. The number of nitro benzene ring substituents is 1. The molecule has 0 atom stereocenters. The van der Waals surface area contributed by atoms with Crippen LogP contribution in [0.15, 0.2) is 36.4 Å². The molecule has 25 heavy (non-hydrogen) atoms. The lowest BCUT2D eigenvalue weighted by molar-refractivity contribution is -0.384. The number of nitrogens with zero attached hydrogens (tertiary/aromatic N) is 4. The minimum Gasteiger partial charge on any atom is -0.473 e. The first-order valence-electron chi connectivity index (χ1n) is 8.03. The van der Waals surface area contributed by atoms with Gasteiger partial charge < -0.3 is 9.64 Å². The van der Waals surface area contributed by atoms with Crippen molar-refractivity contribution in [3.63, 3.8) is 0 Å². The van der Waals surface area contributed by atoms with Crippen LogP contribution in [-0.4, -0.2) is 45.1 Å². The molecular weight excluding hydrogens is 324 g/mol. The monoisotopic (exact) mass is 342 g/mol. The molecule has 130 valence electrons. The fourth-order valence-corrected chi connectivity index (χ4v) is 2.71. The van der Waals surface area contributed by atoms with E-state index in [-0.39, 0.29) is 17.7 Å². The predicted molar refractivity (Wildman–Crippen MR) is 89.4 cm³/mol. The van der Waals surface area contributed by atoms with E-state index in [1.54, 1.807) is 11.0 Å². The van der Waals surface area contributed by atoms with E-state index >= 15 is 0 Å². The smallest absolute Gasteiger partial charge is 0.269 e. The van der Waals surface area contributed by atoms with Gasteiger partial charge in [0, 0.05) is 49.7 Å². The van der Waals surface area contributed by atoms with Crippen molar-refractivity contribution >= 4 is 11.6 Å². The largest absolute Gasteiger partial charge is 0.473 e. The zero-order valence-electron chi connectivity index (χ0n) is 13.8. The van der Waals surface area contributed by atoms with Crippen LogP contribution in [0.4, 0.5) is 5.69 Å². The van der Waals surface area contributed by atoms with Crippen LogP contribution in [-0.2, 0) is 0 Å². The molecule has 2 aromatic rings. The van der Waals surface area contributed by atoms with Crippen molar-refractivity contribution in [1.82, 2.24) is 15.1 Å². The third-order valence-corrected chi connectivity index (χ3v) is 4.12. The summed E-state index contributed by atoms with van der Waals surface area (Å²) in [6.45, 7) is 3.00. The van der Waals surface area contributed by atoms with Crippen molar-refractivity contribution in [1.29, 1.82) is 0 Å². The summed E-state index contributed by atoms with van der Waals surface area (Å²) < 4.78 is 5.80. The van der Waals surface area contributed by atoms with Crippen LogP contribution in [0.1, 0.15) is 28.9 Å². The van der Waals surface area contributed by atoms with Gasteiger partial charge in [0.1, 0.15) is 6.10 Å². The van der Waals surface area contributed by atoms with Gasteiger partial charge in [-0.3, -0.25) is 14.9 Å². The average Bonchev–Trinajstić information content (AvgIpc) is 2.64. The Bertz CT molecular complexity index is 753. The molecule has 8 heteroatoms. The number of aryl methyl sites for hydroxylation is 1. The molecule has 0 aliphatic carbocycles. The van der Waals surface area contributed by atoms with Gasteiger partial charge in [-0.05, 0) is 25.1 Å². The number of ether oxygens (including phenoxy) is 1. The SMILES string of the molecule is Cc1ccc(OC2CCN(C(=O)c3ccc([N+](=O)[O-])cc3)CC2)nn1. The Morgan fingerprint density at radius 2 is 1.84 bits per heavy atom. The lowest BCUT2D eigenvalue weighted by Crippen LogP contribution is -2.41. The van der Waals surface area contributed by atoms with E-state index in [4.69, 9.17) is 4.74 Å². The van der Waals surface area contributed by atoms with Gasteiger partial charge >= 0.3 is 0 Å². The van der Waals surface area contributed by atoms with Crippen molar-refractivity contribution in [2.24, 2.45) is 0 Å². The Labute approximate surface area is 144 Å². The summed E-state index contributed by atoms with van der Waals surface area (Å²) in [4.78, 5) is 24.4. The van der Waals surface area contributed by atoms with Gasteiger partial charge in [-0.2, -0.15) is 5.10 Å². The first kappa shape index (κ1) is 16.8. The molecule has 1 aromatic heterocycles. The molecule has 1 aliphatic rings. The number of non-ortho nitro benzene ring substituents is 1. The molecule has 0 saturated carbocycles. The first-order chi connectivity index (χ1) is 12.0. The summed E-state index contributed by atoms with van der Waals surface area (Å²) >= 11 is 0. The Morgan fingerprint density at radius 3 is 2.40 bits per heavy atom. The zero-order chi connectivity index (χ0) is 17.8. The standard InChI is InChI=1S/C17H18N4O4/c1-12-2-7-16(19-18-12)25-15-8-10-20(11-9-15)17(22)13-3-5-14(6-4-13)21(23)24/h2-7,15H,8-11H2,1H3. The molecule has 0 spiro atoms. The number of benzene rings is 1. The van der Waals surface area contributed by atoms with Crippen LogP contribution in [0.5, 0.6) is 5.88 Å². The summed E-state index contributed by atoms with van der Waals surface area (Å²) in [5.41, 5.74) is 1.26. The molecule has 0 bridgehead atoms. The highest BCUT2D eigenvalue weighted by Crippen LogP contribution is 2.19. The number of rotatable bonds is 4. The van der Waals surface area contributed by atoms with Gasteiger partial charge in [-0.25, -0.2) is 0 Å². The zero-order valence-corrected chi connectivity index (χ0v) is 13.8. The Morgan fingerprint density at radius 1 is 1.16 bits per heavy atom. The Hall–Kier alpha value is -3.03. The number of piperidine rings is 1. The van der Waals surface area contributed by atoms with E-state index in [1.165, 1.54) is 24.3 Å². The second kappa shape index (κ2) is 7.25. The van der Waals surface area contributed by atoms with E-state index in [0.29, 0.717) is 37.4 Å². The van der Waals surface area contributed by atoms with Gasteiger partial charge in [0.25, 0.3) is 11.6 Å². The lowest BCUT2D eigenvalue weighted by Gasteiger charge is -2.31. The third kappa shape index (κ3) is 4.09. The van der Waals surface area contributed by atoms with E-state index in [2.05, 4.69) is 10.2 Å². The van der Waals surface area contributed by atoms with Crippen LogP contribution in [0.25, 0.3) is 0 Å². The molecule has 3 rings (SSSR count). The molecule has 1 aromatic carbocycles. The number of amides is 1. The lowest BCUT2D eigenvalue weighted by atomic mass is 10.1. The molecule has 1 amide bonds. The molecule has 1 fully saturated rings. The number of hydrogen-bond acceptors (Lipinski definition) is 6. The summed E-state index contributed by atoms with van der Waals surface area (Å²) in [6.07, 6.45) is 1.40. The first-order valence-corrected chi connectivity index (χ1v) is 8.03. The average molecular weight is 342 g/mol. The Kier molecular flexibility index (Phi) is 4.87. The van der Waals surface area contributed by atoms with Crippen molar-refractivity contribution < 1.29 is 14.5 Å². The third-order valence-electron chi connectivity index (χ3n) is 4.12. The highest BCUT2D eigenvalue weighted by atomic mass is 16.6. The molecule has 2 heterocycles. The normalized spacial score (nSPS) is 15.0. The van der Waals surface area contributed by atoms with Crippen molar-refractivity contribution in [3.8, 4) is 5.88 Å². The number of aromatic nitrogens is 2. The quantitative estimate of drug-likeness (QED) is 0.625. The highest BCUT2D eigenvalue weighted by molar-refractivity contribution is 5.94. The summed E-state index contributed by atoms with van der Waals surface area (Å²) in [6, 6.07) is 9.31. The topological polar surface area (TPSA) is 98.5 Å². The van der Waals surface area contributed by atoms with E-state index < -0.39 is 4.92 Å². The fraction of sp³-hybridized carbons (Fsp3) is 0.353. The molecule has 0 N–H and O–H groups in total. The molecule has 1 aliphatic heterocycles. The fourth-order valence-electron chi connectivity index (χ4n) is 2.71. The molecule has 1 saturated heterocycles. The van der Waals surface area contributed by atoms with E-state index in [9.17, 15) is 14.9 Å². The van der Waals surface area contributed by atoms with E-state index in [1.807, 2.05) is 13.0 Å². The molecular formula is C17H18N4O4. The molecule has 8 nitrogen and oxygen atoms in total. The predicted octanol–water partition coefficient (Wildman–Crippen LogP) is 2.38. The van der Waals surface area contributed by atoms with Crippen LogP contribution in [0.2, 0.25) is 0 Å². The van der Waals surface area contributed by atoms with E-state index in [0.717, 1.165) is 5.69 Å².